The largest absolute Gasteiger partial charge is 0.464 e. The first kappa shape index (κ1) is 89.8. The first-order chi connectivity index (χ1) is 45.0. The zero-order valence-corrected chi connectivity index (χ0v) is 63.3. The highest BCUT2D eigenvalue weighted by molar-refractivity contribution is 5.77. The molecule has 92 heavy (non-hydrogen) atoms. The minimum Gasteiger partial charge on any atom is -0.464 e. The van der Waals surface area contributed by atoms with E-state index in [0.29, 0.717) is 52.0 Å². The molecule has 0 aliphatic heterocycles. The van der Waals surface area contributed by atoms with Gasteiger partial charge in [-0.1, -0.05) is 362 Å². The van der Waals surface area contributed by atoms with Crippen LogP contribution in [-0.2, 0) is 28.7 Å². The van der Waals surface area contributed by atoms with E-state index < -0.39 is 0 Å². The molecule has 2 N–H and O–H groups in total. The molecule has 0 radical (unpaired) electrons. The molecular weight excluding hydrogens is 1140 g/mol. The van der Waals surface area contributed by atoms with Crippen LogP contribution in [0.25, 0.3) is 0 Å². The van der Waals surface area contributed by atoms with Crippen LogP contribution < -0.4 is 10.6 Å². The molecule has 4 atom stereocenters. The Balaban J connectivity index is 4.76. The maximum Gasteiger partial charge on any atom is 0.305 e. The second-order valence-electron chi connectivity index (χ2n) is 29.7. The smallest absolute Gasteiger partial charge is 0.305 e. The van der Waals surface area contributed by atoms with Gasteiger partial charge in [0.1, 0.15) is 13.2 Å². The molecule has 0 aromatic heterocycles. The second kappa shape index (κ2) is 71.6. The molecule has 546 valence electrons. The molecule has 0 saturated heterocycles. The summed E-state index contributed by atoms with van der Waals surface area (Å²) >= 11 is 0. The lowest BCUT2D eigenvalue weighted by Gasteiger charge is -2.28. The fraction of sp³-hybridized carbons (Fsp3) is 0.951. The highest BCUT2D eigenvalue weighted by atomic mass is 16.5. The number of hydrogen-bond donors (Lipinski definition) is 2. The van der Waals surface area contributed by atoms with E-state index in [1.165, 1.54) is 308 Å². The van der Waals surface area contributed by atoms with Gasteiger partial charge in [0.25, 0.3) is 0 Å². The molecule has 0 bridgehead atoms. The number of amides is 2. The summed E-state index contributed by atoms with van der Waals surface area (Å²) in [5.41, 5.74) is 0. The number of esters is 2. The number of unbranched alkanes of at least 4 members (excludes halogenated alkanes) is 40. The summed E-state index contributed by atoms with van der Waals surface area (Å²) < 4.78 is 10.8. The minimum absolute atomic E-state index is 0.0383. The van der Waals surface area contributed by atoms with E-state index in [1.807, 2.05) is 38.0 Å². The van der Waals surface area contributed by atoms with Gasteiger partial charge in [-0.2, -0.15) is 0 Å². The van der Waals surface area contributed by atoms with Crippen molar-refractivity contribution in [2.45, 2.75) is 413 Å². The molecular formula is C82H162N4O6. The molecule has 0 heterocycles. The second-order valence-corrected chi connectivity index (χ2v) is 29.7. The van der Waals surface area contributed by atoms with Crippen LogP contribution in [0.2, 0.25) is 0 Å². The molecule has 0 fully saturated rings. The Kier molecular flexibility index (Phi) is 69.9. The van der Waals surface area contributed by atoms with Gasteiger partial charge >= 0.3 is 11.9 Å². The highest BCUT2D eigenvalue weighted by Gasteiger charge is 2.23. The van der Waals surface area contributed by atoms with Crippen molar-refractivity contribution in [3.8, 4) is 0 Å². The fourth-order valence-corrected chi connectivity index (χ4v) is 14.2. The first-order valence-corrected chi connectivity index (χ1v) is 41.1. The van der Waals surface area contributed by atoms with Crippen molar-refractivity contribution in [3.63, 3.8) is 0 Å². The molecule has 0 aromatic carbocycles. The average molecular weight is 1300 g/mol. The Morgan fingerprint density at radius 3 is 0.652 bits per heavy atom. The molecule has 0 rings (SSSR count). The van der Waals surface area contributed by atoms with Crippen molar-refractivity contribution in [3.05, 3.63) is 0 Å². The van der Waals surface area contributed by atoms with Gasteiger partial charge in [0.15, 0.2) is 0 Å². The third-order valence-electron chi connectivity index (χ3n) is 20.3. The third-order valence-corrected chi connectivity index (χ3v) is 20.3. The molecule has 0 spiro atoms. The predicted octanol–water partition coefficient (Wildman–Crippen LogP) is 23.4. The number of nitrogens with zero attached hydrogens (tertiary/aromatic N) is 2. The van der Waals surface area contributed by atoms with E-state index in [1.54, 1.807) is 0 Å². The van der Waals surface area contributed by atoms with E-state index in [0.717, 1.165) is 88.1 Å². The standard InChI is InChI=1S/C82H162N4O6/c1-9-13-17-21-33-45-57-75(77(59-47-35-23-19-15-11-3)63-51-39-27-31-43-55-67-81(89)91-73-71-85(5)6)61-49-37-25-29-41-53-65-79(87)83-69-70-84-80(88)66-54-42-30-26-38-50-62-76(58-46-34-22-18-14-10-2)78(60-48-36-24-20-16-12-4)64-52-40-28-32-44-56-68-82(90)92-74-72-86(7)8/h75-78H,9-74H2,1-8H3,(H,83,87)(H,84,88). The number of carbonyl (C=O) groups is 4. The van der Waals surface area contributed by atoms with Gasteiger partial charge in [-0.3, -0.25) is 19.2 Å². The van der Waals surface area contributed by atoms with Crippen LogP contribution in [0.15, 0.2) is 0 Å². The minimum atomic E-state index is -0.0383. The summed E-state index contributed by atoms with van der Waals surface area (Å²) in [5, 5.41) is 6.14. The fourth-order valence-electron chi connectivity index (χ4n) is 14.2. The Morgan fingerprint density at radius 1 is 0.261 bits per heavy atom. The van der Waals surface area contributed by atoms with Gasteiger partial charge in [0.05, 0.1) is 0 Å². The van der Waals surface area contributed by atoms with Gasteiger partial charge in [-0.05, 0) is 77.5 Å². The number of carbonyl (C=O) groups excluding carboxylic acids is 4. The molecule has 10 nitrogen and oxygen atoms in total. The monoisotopic (exact) mass is 1300 g/mol. The van der Waals surface area contributed by atoms with E-state index in [2.05, 4.69) is 38.3 Å². The Labute approximate surface area is 574 Å². The predicted molar refractivity (Wildman–Crippen MR) is 399 cm³/mol. The molecule has 0 saturated carbocycles. The van der Waals surface area contributed by atoms with Crippen molar-refractivity contribution in [2.24, 2.45) is 23.7 Å². The first-order valence-electron chi connectivity index (χ1n) is 41.1. The van der Waals surface area contributed by atoms with Gasteiger partial charge in [0.2, 0.25) is 11.8 Å². The van der Waals surface area contributed by atoms with E-state index >= 15 is 0 Å². The molecule has 0 aliphatic rings. The maximum absolute atomic E-state index is 12.7. The zero-order valence-electron chi connectivity index (χ0n) is 63.3. The topological polar surface area (TPSA) is 117 Å². The van der Waals surface area contributed by atoms with E-state index in [-0.39, 0.29) is 23.8 Å². The summed E-state index contributed by atoms with van der Waals surface area (Å²) in [6.45, 7) is 12.9. The molecule has 0 aromatic rings. The number of ether oxygens (including phenoxy) is 2. The summed E-state index contributed by atoms with van der Waals surface area (Å²) in [6.07, 6.45) is 75.8. The zero-order chi connectivity index (χ0) is 67.3. The van der Waals surface area contributed by atoms with Crippen LogP contribution in [-0.4, -0.2) is 101 Å². The van der Waals surface area contributed by atoms with Crippen molar-refractivity contribution in [1.29, 1.82) is 0 Å². The SMILES string of the molecule is CCCCCCCCC(CCCCCCCCC(=O)NCCNC(=O)CCCCCCCCC(CCCCCCCC)C(CCCCCCCC)CCCCCCCCC(=O)OCCN(C)C)C(CCCCCCCC)CCCCCCCCC(=O)OCCN(C)C. The lowest BCUT2D eigenvalue weighted by Crippen LogP contribution is -2.34. The maximum atomic E-state index is 12.7. The van der Waals surface area contributed by atoms with Crippen LogP contribution in [0.1, 0.15) is 413 Å². The van der Waals surface area contributed by atoms with Crippen LogP contribution in [0.3, 0.4) is 0 Å². The van der Waals surface area contributed by atoms with Crippen molar-refractivity contribution >= 4 is 23.8 Å². The van der Waals surface area contributed by atoms with Crippen molar-refractivity contribution < 1.29 is 28.7 Å². The van der Waals surface area contributed by atoms with Gasteiger partial charge in [0, 0.05) is 51.9 Å². The summed E-state index contributed by atoms with van der Waals surface area (Å²) in [7, 11) is 8.03. The van der Waals surface area contributed by atoms with Crippen LogP contribution in [0.5, 0.6) is 0 Å². The summed E-state index contributed by atoms with van der Waals surface area (Å²) in [4.78, 5) is 53.8. The quantitative estimate of drug-likeness (QED) is 0.0457. The third kappa shape index (κ3) is 65.1. The van der Waals surface area contributed by atoms with Crippen LogP contribution in [0.4, 0.5) is 0 Å². The Bertz CT molecular complexity index is 1450. The molecule has 0 aliphatic carbocycles. The van der Waals surface area contributed by atoms with Crippen molar-refractivity contribution in [1.82, 2.24) is 20.4 Å². The van der Waals surface area contributed by atoms with Gasteiger partial charge < -0.3 is 29.9 Å². The highest BCUT2D eigenvalue weighted by Crippen LogP contribution is 2.36. The van der Waals surface area contributed by atoms with E-state index in [4.69, 9.17) is 9.47 Å². The Morgan fingerprint density at radius 2 is 0.446 bits per heavy atom. The molecule has 2 amide bonds. The summed E-state index contributed by atoms with van der Waals surface area (Å²) in [6, 6.07) is 0. The van der Waals surface area contributed by atoms with E-state index in [9.17, 15) is 19.2 Å². The van der Waals surface area contributed by atoms with Crippen LogP contribution >= 0.6 is 0 Å². The lowest BCUT2D eigenvalue weighted by atomic mass is 9.78. The number of hydrogen-bond acceptors (Lipinski definition) is 8. The summed E-state index contributed by atoms with van der Waals surface area (Å²) in [5.74, 6) is 3.63. The lowest BCUT2D eigenvalue weighted by molar-refractivity contribution is -0.145. The normalized spacial score (nSPS) is 13.0. The number of nitrogens with one attached hydrogen (secondary N) is 2. The number of rotatable bonds is 75. The van der Waals surface area contributed by atoms with Gasteiger partial charge in [-0.15, -0.1) is 0 Å². The van der Waals surface area contributed by atoms with Crippen LogP contribution in [0, 0.1) is 23.7 Å². The van der Waals surface area contributed by atoms with Gasteiger partial charge in [-0.25, -0.2) is 0 Å². The average Bonchev–Trinajstić information content (AvgIpc) is 2.65. The Hall–Kier alpha value is -2.20. The molecule has 4 unspecified atom stereocenters. The number of likely N-dealkylation sites (N-methyl/N-ethyl adjacent to an activating group) is 2. The van der Waals surface area contributed by atoms with Crippen molar-refractivity contribution in [2.75, 3.05) is 67.6 Å². The molecule has 10 heteroatoms.